The Morgan fingerprint density at radius 1 is 0.920 bits per heavy atom. The van der Waals surface area contributed by atoms with Crippen LogP contribution in [0, 0.1) is 0 Å². The van der Waals surface area contributed by atoms with E-state index in [2.05, 4.69) is 36.2 Å². The molecule has 0 amide bonds. The lowest BCUT2D eigenvalue weighted by atomic mass is 9.81. The molecule has 1 fully saturated rings. The van der Waals surface area contributed by atoms with Gasteiger partial charge in [0.05, 0.1) is 6.04 Å². The summed E-state index contributed by atoms with van der Waals surface area (Å²) in [5.41, 5.74) is 14.1. The van der Waals surface area contributed by atoms with Crippen molar-refractivity contribution in [2.75, 3.05) is 0 Å². The summed E-state index contributed by atoms with van der Waals surface area (Å²) in [6.45, 7) is 2.27. The van der Waals surface area contributed by atoms with Crippen molar-refractivity contribution in [3.63, 3.8) is 0 Å². The van der Waals surface area contributed by atoms with E-state index < -0.39 is 0 Å². The maximum atomic E-state index is 5.54. The summed E-state index contributed by atoms with van der Waals surface area (Å²) in [6, 6.07) is 9.86. The van der Waals surface area contributed by atoms with E-state index in [0.717, 1.165) is 12.8 Å². The van der Waals surface area contributed by atoms with Crippen LogP contribution < -0.4 is 28.9 Å². The molecule has 5 N–H and O–H groups in total. The van der Waals surface area contributed by atoms with Crippen molar-refractivity contribution in [1.82, 2.24) is 0 Å². The monoisotopic (exact) mass is 365 g/mol. The molecule has 2 rings (SSSR count). The Labute approximate surface area is 160 Å². The highest BCUT2D eigenvalue weighted by molar-refractivity contribution is 5.69. The Hall–Kier alpha value is -1.22. The standard InChI is InChI=1S/C21H35N3.ClH/c1-2-3-4-5-6-7-8-17-9-11-18(12-10-17)19-13-15-20(16-14-19)24-21(22)23;/h9-12,19-20H,2-8,13-16H2,1H3,(H4,22,23,24);1H. The topological polar surface area (TPSA) is 66.0 Å². The summed E-state index contributed by atoms with van der Waals surface area (Å²) in [6.07, 6.45) is 14.2. The summed E-state index contributed by atoms with van der Waals surface area (Å²) >= 11 is 0. The lowest BCUT2D eigenvalue weighted by Gasteiger charge is -2.26. The van der Waals surface area contributed by atoms with Crippen molar-refractivity contribution in [2.24, 2.45) is 11.5 Å². The van der Waals surface area contributed by atoms with Crippen molar-refractivity contribution in [3.8, 4) is 0 Å². The van der Waals surface area contributed by atoms with Gasteiger partial charge in [0.25, 0.3) is 0 Å². The molecule has 142 valence electrons. The number of hydrogen-bond acceptors (Lipinski definition) is 0. The number of guanidine groups is 1. The first kappa shape index (κ1) is 21.8. The second-order valence-electron chi connectivity index (χ2n) is 7.41. The molecule has 3 nitrogen and oxygen atoms in total. The smallest absolute Gasteiger partial charge is 0.338 e. The molecular weight excluding hydrogens is 330 g/mol. The molecule has 0 unspecified atom stereocenters. The molecule has 1 aromatic carbocycles. The van der Waals surface area contributed by atoms with Crippen LogP contribution in [0.3, 0.4) is 0 Å². The minimum Gasteiger partial charge on any atom is -1.00 e. The van der Waals surface area contributed by atoms with Gasteiger partial charge in [-0.05, 0) is 55.6 Å². The minimum atomic E-state index is 0. The number of benzene rings is 1. The zero-order valence-electron chi connectivity index (χ0n) is 15.8. The quantitative estimate of drug-likeness (QED) is 0.327. The van der Waals surface area contributed by atoms with E-state index in [1.165, 1.54) is 68.9 Å². The van der Waals surface area contributed by atoms with Gasteiger partial charge >= 0.3 is 5.96 Å². The van der Waals surface area contributed by atoms with Gasteiger partial charge in [-0.25, -0.2) is 0 Å². The van der Waals surface area contributed by atoms with Gasteiger partial charge in [0.1, 0.15) is 0 Å². The molecule has 0 aliphatic heterocycles. The molecule has 0 aromatic heterocycles. The van der Waals surface area contributed by atoms with Crippen LogP contribution in [0.25, 0.3) is 0 Å². The number of halogens is 1. The second kappa shape index (κ2) is 12.2. The molecular formula is C21H36ClN3. The van der Waals surface area contributed by atoms with Crippen molar-refractivity contribution in [2.45, 2.75) is 89.5 Å². The highest BCUT2D eigenvalue weighted by Gasteiger charge is 2.22. The highest BCUT2D eigenvalue weighted by Crippen LogP contribution is 2.32. The maximum absolute atomic E-state index is 5.54. The molecule has 0 spiro atoms. The van der Waals surface area contributed by atoms with Gasteiger partial charge in [-0.15, -0.1) is 0 Å². The predicted octanol–water partition coefficient (Wildman–Crippen LogP) is -0.0262. The average molecular weight is 366 g/mol. The number of rotatable bonds is 9. The van der Waals surface area contributed by atoms with Crippen LogP contribution in [0.1, 0.15) is 88.2 Å². The first-order valence-corrected chi connectivity index (χ1v) is 9.92. The van der Waals surface area contributed by atoms with Gasteiger partial charge in [-0.3, -0.25) is 16.5 Å². The third kappa shape index (κ3) is 8.13. The number of nitrogens with one attached hydrogen (secondary N) is 1. The van der Waals surface area contributed by atoms with Gasteiger partial charge in [0.2, 0.25) is 0 Å². The molecule has 4 heteroatoms. The Morgan fingerprint density at radius 3 is 2.12 bits per heavy atom. The van der Waals surface area contributed by atoms with E-state index in [4.69, 9.17) is 11.5 Å². The summed E-state index contributed by atoms with van der Waals surface area (Å²) in [4.78, 5) is 3.18. The molecule has 0 bridgehead atoms. The molecule has 0 radical (unpaired) electrons. The first-order chi connectivity index (χ1) is 11.7. The van der Waals surface area contributed by atoms with Gasteiger partial charge < -0.3 is 12.4 Å². The van der Waals surface area contributed by atoms with Crippen molar-refractivity contribution < 1.29 is 17.4 Å². The van der Waals surface area contributed by atoms with E-state index in [-0.39, 0.29) is 12.4 Å². The third-order valence-corrected chi connectivity index (χ3v) is 5.37. The fourth-order valence-corrected chi connectivity index (χ4v) is 3.87. The van der Waals surface area contributed by atoms with Gasteiger partial charge in [0.15, 0.2) is 0 Å². The number of hydrogen-bond donors (Lipinski definition) is 3. The van der Waals surface area contributed by atoms with Gasteiger partial charge in [0, 0.05) is 0 Å². The third-order valence-electron chi connectivity index (χ3n) is 5.37. The van der Waals surface area contributed by atoms with Crippen LogP contribution in [0.5, 0.6) is 0 Å². The van der Waals surface area contributed by atoms with Crippen LogP contribution >= 0.6 is 0 Å². The molecule has 0 atom stereocenters. The second-order valence-corrected chi connectivity index (χ2v) is 7.41. The Bertz CT molecular complexity index is 486. The number of aryl methyl sites for hydroxylation is 1. The molecule has 0 heterocycles. The Balaban J connectivity index is 0.00000312. The Morgan fingerprint density at radius 2 is 1.52 bits per heavy atom. The molecule has 1 saturated carbocycles. The summed E-state index contributed by atoms with van der Waals surface area (Å²) in [5, 5.41) is 0. The van der Waals surface area contributed by atoms with E-state index in [1.807, 2.05) is 0 Å². The van der Waals surface area contributed by atoms with Crippen LogP contribution in [-0.4, -0.2) is 12.0 Å². The highest BCUT2D eigenvalue weighted by atomic mass is 35.5. The fraction of sp³-hybridized carbons (Fsp3) is 0.667. The van der Waals surface area contributed by atoms with E-state index >= 15 is 0 Å². The molecule has 1 aliphatic rings. The number of unbranched alkanes of at least 4 members (excludes halogenated alkanes) is 5. The average Bonchev–Trinajstić information content (AvgIpc) is 2.59. The SMILES string of the molecule is CCCCCCCCc1ccc(C2CCC([NH+]=C(N)N)CC2)cc1.[Cl-]. The molecule has 1 aliphatic carbocycles. The molecule has 1 aromatic rings. The van der Waals surface area contributed by atoms with E-state index in [1.54, 1.807) is 0 Å². The lowest BCUT2D eigenvalue weighted by molar-refractivity contribution is -0.509. The molecule has 0 saturated heterocycles. The van der Waals surface area contributed by atoms with Crippen molar-refractivity contribution in [1.29, 1.82) is 0 Å². The number of nitrogens with two attached hydrogens (primary N) is 2. The maximum Gasteiger partial charge on any atom is 0.338 e. The van der Waals surface area contributed by atoms with Crippen LogP contribution in [0.2, 0.25) is 0 Å². The van der Waals surface area contributed by atoms with E-state index in [0.29, 0.717) is 17.9 Å². The summed E-state index contributed by atoms with van der Waals surface area (Å²) < 4.78 is 0. The Kier molecular flexibility index (Phi) is 10.6. The summed E-state index contributed by atoms with van der Waals surface area (Å²) in [5.74, 6) is 1.06. The zero-order chi connectivity index (χ0) is 17.2. The van der Waals surface area contributed by atoms with Gasteiger partial charge in [-0.2, -0.15) is 0 Å². The van der Waals surface area contributed by atoms with Crippen LogP contribution in [0.4, 0.5) is 0 Å². The first-order valence-electron chi connectivity index (χ1n) is 9.92. The minimum absolute atomic E-state index is 0. The fourth-order valence-electron chi connectivity index (χ4n) is 3.87. The predicted molar refractivity (Wildman–Crippen MR) is 103 cm³/mol. The van der Waals surface area contributed by atoms with E-state index in [9.17, 15) is 0 Å². The van der Waals surface area contributed by atoms with Crippen LogP contribution in [-0.2, 0) is 6.42 Å². The van der Waals surface area contributed by atoms with Crippen LogP contribution in [0.15, 0.2) is 24.3 Å². The largest absolute Gasteiger partial charge is 1.00 e. The normalized spacial score (nSPS) is 19.9. The lowest BCUT2D eigenvalue weighted by Crippen LogP contribution is -3.00. The zero-order valence-corrected chi connectivity index (χ0v) is 16.5. The van der Waals surface area contributed by atoms with Crippen molar-refractivity contribution >= 4 is 5.96 Å². The van der Waals surface area contributed by atoms with Gasteiger partial charge in [-0.1, -0.05) is 63.3 Å². The van der Waals surface area contributed by atoms with Crippen molar-refractivity contribution in [3.05, 3.63) is 35.4 Å². The molecule has 25 heavy (non-hydrogen) atoms. The summed E-state index contributed by atoms with van der Waals surface area (Å²) in [7, 11) is 0.